The summed E-state index contributed by atoms with van der Waals surface area (Å²) in [5, 5.41) is 13.2. The third-order valence-electron chi connectivity index (χ3n) is 4.73. The maximum Gasteiger partial charge on any atom is 0.253 e. The number of amides is 1. The molecular weight excluding hydrogens is 342 g/mol. The number of rotatable bonds is 4. The lowest BCUT2D eigenvalue weighted by atomic mass is 9.77. The van der Waals surface area contributed by atoms with Crippen LogP contribution in [0.1, 0.15) is 49.9 Å². The third-order valence-corrected chi connectivity index (χ3v) is 6.70. The molecule has 24 heavy (non-hydrogen) atoms. The maximum atomic E-state index is 12.5. The smallest absolute Gasteiger partial charge is 0.253 e. The van der Waals surface area contributed by atoms with Gasteiger partial charge >= 0.3 is 0 Å². The summed E-state index contributed by atoms with van der Waals surface area (Å²) in [4.78, 5) is 21.2. The number of hydrogen-bond acceptors (Lipinski definition) is 6. The number of pyridine rings is 1. The second-order valence-electron chi connectivity index (χ2n) is 6.91. The van der Waals surface area contributed by atoms with E-state index in [-0.39, 0.29) is 11.9 Å². The first-order chi connectivity index (χ1) is 11.4. The normalized spacial score (nSPS) is 21.8. The van der Waals surface area contributed by atoms with Crippen LogP contribution in [0.2, 0.25) is 0 Å². The van der Waals surface area contributed by atoms with E-state index in [9.17, 15) is 9.90 Å². The van der Waals surface area contributed by atoms with E-state index >= 15 is 0 Å². The lowest BCUT2D eigenvalue weighted by molar-refractivity contribution is -0.00257. The summed E-state index contributed by atoms with van der Waals surface area (Å²) in [6, 6.07) is 2.05. The van der Waals surface area contributed by atoms with Crippen LogP contribution in [0.15, 0.2) is 16.6 Å². The minimum atomic E-state index is -0.634. The van der Waals surface area contributed by atoms with E-state index in [0.29, 0.717) is 17.1 Å². The zero-order valence-electron chi connectivity index (χ0n) is 14.2. The van der Waals surface area contributed by atoms with Gasteiger partial charge in [0.25, 0.3) is 5.91 Å². The molecule has 1 aliphatic carbocycles. The maximum absolute atomic E-state index is 12.5. The molecule has 0 bridgehead atoms. The van der Waals surface area contributed by atoms with Crippen LogP contribution in [0.3, 0.4) is 0 Å². The number of nitrogens with one attached hydrogen (secondary N) is 1. The van der Waals surface area contributed by atoms with Gasteiger partial charge in [-0.25, -0.2) is 9.97 Å². The van der Waals surface area contributed by atoms with Gasteiger partial charge in [-0.3, -0.25) is 4.79 Å². The predicted molar refractivity (Wildman–Crippen MR) is 98.7 cm³/mol. The van der Waals surface area contributed by atoms with Crippen molar-refractivity contribution in [1.29, 1.82) is 0 Å². The summed E-state index contributed by atoms with van der Waals surface area (Å²) in [7, 11) is 0. The molecule has 130 valence electrons. The zero-order valence-corrected chi connectivity index (χ0v) is 15.8. The molecule has 1 aliphatic rings. The Morgan fingerprint density at radius 3 is 2.71 bits per heavy atom. The Bertz CT molecular complexity index is 731. The monoisotopic (exact) mass is 365 g/mol. The Hall–Kier alpha value is -1.18. The Morgan fingerprint density at radius 2 is 2.08 bits per heavy atom. The predicted octanol–water partition coefficient (Wildman–Crippen LogP) is 3.47. The first-order valence-corrected chi connectivity index (χ1v) is 10.2. The molecule has 1 fully saturated rings. The van der Waals surface area contributed by atoms with E-state index in [4.69, 9.17) is 0 Å². The minimum absolute atomic E-state index is 0.0739. The molecule has 2 aromatic rings. The van der Waals surface area contributed by atoms with E-state index in [1.54, 1.807) is 29.3 Å². The van der Waals surface area contributed by atoms with Crippen molar-refractivity contribution in [2.45, 2.75) is 55.5 Å². The Labute approximate surface area is 150 Å². The van der Waals surface area contributed by atoms with Gasteiger partial charge in [0.1, 0.15) is 0 Å². The fourth-order valence-electron chi connectivity index (χ4n) is 3.22. The molecule has 0 saturated heterocycles. The van der Waals surface area contributed by atoms with Crippen LogP contribution in [0.5, 0.6) is 0 Å². The van der Waals surface area contributed by atoms with E-state index in [1.165, 1.54) is 0 Å². The molecule has 0 aromatic carbocycles. The van der Waals surface area contributed by atoms with Gasteiger partial charge in [0.05, 0.1) is 15.9 Å². The van der Waals surface area contributed by atoms with Crippen molar-refractivity contribution < 1.29 is 9.90 Å². The van der Waals surface area contributed by atoms with Crippen LogP contribution in [-0.2, 0) is 0 Å². The first kappa shape index (κ1) is 17.6. The standard InChI is InChI=1S/C17H23N3O2S2/c1-17(2,22)11-4-6-12(7-5-11)19-15(21)10-8-13-14(18-9-10)20-16(23-3)24-13/h8-9,11-12,22H,4-7H2,1-3H3,(H,19,21). The number of fused-ring (bicyclic) bond motifs is 1. The average Bonchev–Trinajstić information content (AvgIpc) is 2.96. The van der Waals surface area contributed by atoms with E-state index in [2.05, 4.69) is 15.3 Å². The summed E-state index contributed by atoms with van der Waals surface area (Å²) in [5.74, 6) is 0.237. The van der Waals surface area contributed by atoms with Crippen LogP contribution in [0.25, 0.3) is 10.3 Å². The number of aliphatic hydroxyl groups is 1. The summed E-state index contributed by atoms with van der Waals surface area (Å²) in [6.45, 7) is 3.74. The number of hydrogen-bond donors (Lipinski definition) is 2. The number of carbonyl (C=O) groups excluding carboxylic acids is 1. The van der Waals surface area contributed by atoms with Crippen molar-refractivity contribution >= 4 is 39.4 Å². The highest BCUT2D eigenvalue weighted by atomic mass is 32.2. The molecule has 0 spiro atoms. The molecule has 2 N–H and O–H groups in total. The van der Waals surface area contributed by atoms with E-state index in [1.807, 2.05) is 26.2 Å². The number of aromatic nitrogens is 2. The first-order valence-electron chi connectivity index (χ1n) is 8.20. The van der Waals surface area contributed by atoms with Crippen LogP contribution in [-0.4, -0.2) is 38.9 Å². The number of nitrogens with zero attached hydrogens (tertiary/aromatic N) is 2. The van der Waals surface area contributed by atoms with Gasteiger partial charge in [-0.1, -0.05) is 11.8 Å². The van der Waals surface area contributed by atoms with Gasteiger partial charge in [0.2, 0.25) is 0 Å². The second kappa shape index (κ2) is 6.98. The van der Waals surface area contributed by atoms with Crippen LogP contribution in [0, 0.1) is 5.92 Å². The Kier molecular flexibility index (Phi) is 5.13. The largest absolute Gasteiger partial charge is 0.390 e. The molecule has 0 atom stereocenters. The average molecular weight is 366 g/mol. The molecule has 2 aromatic heterocycles. The number of carbonyl (C=O) groups is 1. The molecule has 1 saturated carbocycles. The van der Waals surface area contributed by atoms with Gasteiger partial charge in [-0.15, -0.1) is 11.3 Å². The van der Waals surface area contributed by atoms with Crippen molar-refractivity contribution in [3.05, 3.63) is 17.8 Å². The van der Waals surface area contributed by atoms with Crippen LogP contribution in [0.4, 0.5) is 0 Å². The SMILES string of the molecule is CSc1nc2ncc(C(=O)NC3CCC(C(C)(C)O)CC3)cc2s1. The van der Waals surface area contributed by atoms with Gasteiger partial charge < -0.3 is 10.4 Å². The molecule has 2 heterocycles. The summed E-state index contributed by atoms with van der Waals surface area (Å²) < 4.78 is 1.90. The van der Waals surface area contributed by atoms with Crippen LogP contribution >= 0.6 is 23.1 Å². The summed E-state index contributed by atoms with van der Waals surface area (Å²) in [5.41, 5.74) is 0.653. The lowest BCUT2D eigenvalue weighted by Gasteiger charge is -2.36. The van der Waals surface area contributed by atoms with Crippen molar-refractivity contribution in [3.8, 4) is 0 Å². The molecule has 0 radical (unpaired) electrons. The second-order valence-corrected chi connectivity index (χ2v) is 8.99. The highest BCUT2D eigenvalue weighted by Crippen LogP contribution is 2.32. The van der Waals surface area contributed by atoms with Gasteiger partial charge in [-0.05, 0) is 57.8 Å². The molecule has 1 amide bonds. The molecular formula is C17H23N3O2S2. The highest BCUT2D eigenvalue weighted by Gasteiger charge is 2.31. The van der Waals surface area contributed by atoms with Gasteiger partial charge in [0.15, 0.2) is 9.99 Å². The quantitative estimate of drug-likeness (QED) is 0.812. The lowest BCUT2D eigenvalue weighted by Crippen LogP contribution is -2.41. The molecule has 0 unspecified atom stereocenters. The minimum Gasteiger partial charge on any atom is -0.390 e. The molecule has 0 aliphatic heterocycles. The van der Waals surface area contributed by atoms with Gasteiger partial charge in [-0.2, -0.15) is 0 Å². The zero-order chi connectivity index (χ0) is 17.3. The van der Waals surface area contributed by atoms with Crippen molar-refractivity contribution in [2.24, 2.45) is 5.92 Å². The molecule has 5 nitrogen and oxygen atoms in total. The van der Waals surface area contributed by atoms with E-state index < -0.39 is 5.60 Å². The topological polar surface area (TPSA) is 75.1 Å². The van der Waals surface area contributed by atoms with Crippen molar-refractivity contribution in [2.75, 3.05) is 6.26 Å². The number of thiazole rings is 1. The third kappa shape index (κ3) is 3.90. The highest BCUT2D eigenvalue weighted by molar-refractivity contribution is 8.00. The number of thioether (sulfide) groups is 1. The van der Waals surface area contributed by atoms with Crippen molar-refractivity contribution in [1.82, 2.24) is 15.3 Å². The van der Waals surface area contributed by atoms with Crippen LogP contribution < -0.4 is 5.32 Å². The molecule has 3 rings (SSSR count). The fraction of sp³-hybridized carbons (Fsp3) is 0.588. The summed E-state index contributed by atoms with van der Waals surface area (Å²) >= 11 is 3.15. The Morgan fingerprint density at radius 1 is 1.38 bits per heavy atom. The van der Waals surface area contributed by atoms with Gasteiger partial charge in [0, 0.05) is 12.2 Å². The fourth-order valence-corrected chi connectivity index (χ4v) is 4.70. The summed E-state index contributed by atoms with van der Waals surface area (Å²) in [6.07, 6.45) is 7.29. The van der Waals surface area contributed by atoms with E-state index in [0.717, 1.165) is 34.7 Å². The van der Waals surface area contributed by atoms with Crippen molar-refractivity contribution in [3.63, 3.8) is 0 Å². The Balaban J connectivity index is 1.63. The molecule has 7 heteroatoms.